The third-order valence-corrected chi connectivity index (χ3v) is 9.09. The minimum Gasteiger partial charge on any atom is -0.497 e. The minimum absolute atomic E-state index is 0.00347. The number of hydrogen-bond acceptors (Lipinski definition) is 8. The van der Waals surface area contributed by atoms with E-state index in [-0.39, 0.29) is 17.9 Å². The van der Waals surface area contributed by atoms with Gasteiger partial charge in [-0.15, -0.1) is 0 Å². The van der Waals surface area contributed by atoms with E-state index in [4.69, 9.17) is 19.2 Å². The number of aromatic nitrogens is 2. The predicted molar refractivity (Wildman–Crippen MR) is 175 cm³/mol. The second-order valence-electron chi connectivity index (χ2n) is 11.8. The van der Waals surface area contributed by atoms with Crippen LogP contribution in [0.1, 0.15) is 40.1 Å². The van der Waals surface area contributed by atoms with Crippen molar-refractivity contribution >= 4 is 29.2 Å². The summed E-state index contributed by atoms with van der Waals surface area (Å²) in [4.78, 5) is 42.4. The molecule has 7 rings (SSSR count). The molecule has 0 aliphatic carbocycles. The number of aliphatic imine (C=N–C) groups is 1. The Kier molecular flexibility index (Phi) is 8.32. The van der Waals surface area contributed by atoms with Crippen LogP contribution in [0, 0.1) is 0 Å². The lowest BCUT2D eigenvalue weighted by Crippen LogP contribution is -2.49. The largest absolute Gasteiger partial charge is 0.497 e. The molecule has 0 saturated carbocycles. The van der Waals surface area contributed by atoms with Gasteiger partial charge in [0.2, 0.25) is 0 Å². The molecule has 2 fully saturated rings. The number of carbonyl (C=O) groups excluding carboxylic acids is 2. The quantitative estimate of drug-likeness (QED) is 0.252. The van der Waals surface area contributed by atoms with Crippen molar-refractivity contribution in [2.45, 2.75) is 25.3 Å². The maximum atomic E-state index is 13.7. The van der Waals surface area contributed by atoms with Crippen molar-refractivity contribution in [3.05, 3.63) is 72.1 Å². The number of hydrogen-bond donors (Lipinski definition) is 0. The van der Waals surface area contributed by atoms with Crippen LogP contribution in [0.15, 0.2) is 65.8 Å². The maximum absolute atomic E-state index is 13.7. The summed E-state index contributed by atoms with van der Waals surface area (Å²) in [5.74, 6) is 2.57. The normalized spacial score (nSPS) is 18.0. The smallest absolute Gasteiger partial charge is 0.274 e. The van der Waals surface area contributed by atoms with Crippen molar-refractivity contribution in [2.24, 2.45) is 4.99 Å². The molecule has 11 nitrogen and oxygen atoms in total. The Bertz CT molecular complexity index is 1780. The lowest BCUT2D eigenvalue weighted by Gasteiger charge is -2.34. The van der Waals surface area contributed by atoms with Gasteiger partial charge in [0.25, 0.3) is 11.8 Å². The average molecular weight is 623 g/mol. The number of imidazole rings is 1. The van der Waals surface area contributed by atoms with E-state index in [9.17, 15) is 9.59 Å². The fraction of sp³-hybridized carbons (Fsp3) is 0.371. The molecule has 5 heterocycles. The van der Waals surface area contributed by atoms with Gasteiger partial charge in [0.1, 0.15) is 11.6 Å². The molecule has 0 spiro atoms. The van der Waals surface area contributed by atoms with Gasteiger partial charge in [0.05, 0.1) is 43.6 Å². The van der Waals surface area contributed by atoms with Crippen LogP contribution in [0.4, 0.5) is 5.69 Å². The van der Waals surface area contributed by atoms with Gasteiger partial charge in [-0.05, 0) is 61.7 Å². The average Bonchev–Trinajstić information content (AvgIpc) is 3.71. The second kappa shape index (κ2) is 12.8. The zero-order valence-corrected chi connectivity index (χ0v) is 26.2. The van der Waals surface area contributed by atoms with Crippen molar-refractivity contribution < 1.29 is 23.8 Å². The third-order valence-electron chi connectivity index (χ3n) is 9.09. The number of benzene rings is 2. The highest BCUT2D eigenvalue weighted by atomic mass is 16.5. The molecule has 0 radical (unpaired) electrons. The molecular formula is C35H38N6O5. The van der Waals surface area contributed by atoms with E-state index in [1.165, 1.54) is 0 Å². The molecule has 46 heavy (non-hydrogen) atoms. The van der Waals surface area contributed by atoms with E-state index in [2.05, 4.69) is 9.89 Å². The van der Waals surface area contributed by atoms with E-state index in [1.54, 1.807) is 20.3 Å². The van der Waals surface area contributed by atoms with Crippen LogP contribution in [-0.4, -0.2) is 108 Å². The van der Waals surface area contributed by atoms with E-state index in [0.29, 0.717) is 48.1 Å². The Balaban J connectivity index is 0.946. The first-order chi connectivity index (χ1) is 22.5. The summed E-state index contributed by atoms with van der Waals surface area (Å²) in [6.45, 7) is 4.91. The van der Waals surface area contributed by atoms with Gasteiger partial charge in [0.15, 0.2) is 17.2 Å². The number of methoxy groups -OCH3 is 2. The zero-order valence-electron chi connectivity index (χ0n) is 26.2. The molecule has 11 heteroatoms. The second-order valence-corrected chi connectivity index (χ2v) is 11.8. The standard InChI is InChI=1S/C35H38N6O5/c1-44-26-11-9-24(10-12-26)33-37-32(29-8-3-4-14-41(29)33)35(43)39-18-16-38(17-19-39)13-6-20-46-31-22-28-27(21-30(31)45-2)34(42)40-15-5-7-25(40)23-36-28/h3-4,8-12,14,21-23,25H,5-7,13,15-20H2,1-2H3/t25-/m0/s1. The monoisotopic (exact) mass is 622 g/mol. The van der Waals surface area contributed by atoms with Gasteiger partial charge in [-0.2, -0.15) is 0 Å². The number of ether oxygens (including phenoxy) is 3. The van der Waals surface area contributed by atoms with Crippen LogP contribution in [-0.2, 0) is 0 Å². The number of fused-ring (bicyclic) bond motifs is 3. The molecule has 3 aliphatic heterocycles. The molecular weight excluding hydrogens is 584 g/mol. The fourth-order valence-electron chi connectivity index (χ4n) is 6.55. The summed E-state index contributed by atoms with van der Waals surface area (Å²) in [5.41, 5.74) is 3.35. The van der Waals surface area contributed by atoms with Gasteiger partial charge in [-0.1, -0.05) is 6.07 Å². The molecule has 1 atom stereocenters. The first-order valence-electron chi connectivity index (χ1n) is 15.9. The molecule has 2 aromatic carbocycles. The number of rotatable bonds is 9. The summed E-state index contributed by atoms with van der Waals surface area (Å²) in [6.07, 6.45) is 6.57. The summed E-state index contributed by atoms with van der Waals surface area (Å²) in [6, 6.07) is 17.1. The SMILES string of the molecule is COc1ccc(-c2nc(C(=O)N3CCN(CCCOc4cc5c(cc4OC)C(=O)N4CCC[C@H]4C=N5)CC3)c3ccccn23)cc1. The van der Waals surface area contributed by atoms with Crippen molar-refractivity contribution in [3.8, 4) is 28.6 Å². The zero-order chi connectivity index (χ0) is 31.6. The van der Waals surface area contributed by atoms with Crippen LogP contribution < -0.4 is 14.2 Å². The molecule has 2 amide bonds. The molecule has 4 aromatic rings. The molecule has 238 valence electrons. The lowest BCUT2D eigenvalue weighted by atomic mass is 10.1. The first-order valence-corrected chi connectivity index (χ1v) is 15.9. The van der Waals surface area contributed by atoms with Gasteiger partial charge in [-0.3, -0.25) is 23.9 Å². The molecule has 2 saturated heterocycles. The maximum Gasteiger partial charge on any atom is 0.274 e. The number of nitrogens with zero attached hydrogens (tertiary/aromatic N) is 6. The van der Waals surface area contributed by atoms with E-state index >= 15 is 0 Å². The molecule has 0 unspecified atom stereocenters. The Morgan fingerprint density at radius 2 is 1.78 bits per heavy atom. The minimum atomic E-state index is -0.0525. The Hall–Kier alpha value is -4.90. The molecule has 3 aliphatic rings. The molecule has 0 N–H and O–H groups in total. The number of carbonyl (C=O) groups is 2. The Morgan fingerprint density at radius 1 is 0.957 bits per heavy atom. The van der Waals surface area contributed by atoms with Crippen molar-refractivity contribution in [3.63, 3.8) is 0 Å². The van der Waals surface area contributed by atoms with E-state index in [1.807, 2.05) is 75.1 Å². The molecule has 0 bridgehead atoms. The summed E-state index contributed by atoms with van der Waals surface area (Å²) in [5, 5.41) is 0. The van der Waals surface area contributed by atoms with Gasteiger partial charge in [0, 0.05) is 63.3 Å². The van der Waals surface area contributed by atoms with Crippen molar-refractivity contribution in [1.82, 2.24) is 24.1 Å². The Morgan fingerprint density at radius 3 is 2.57 bits per heavy atom. The van der Waals surface area contributed by atoms with Crippen LogP contribution in [0.25, 0.3) is 16.9 Å². The molecule has 2 aromatic heterocycles. The van der Waals surface area contributed by atoms with Crippen LogP contribution in [0.3, 0.4) is 0 Å². The van der Waals surface area contributed by atoms with E-state index < -0.39 is 0 Å². The van der Waals surface area contributed by atoms with Crippen LogP contribution in [0.5, 0.6) is 17.2 Å². The highest BCUT2D eigenvalue weighted by Crippen LogP contribution is 2.38. The highest BCUT2D eigenvalue weighted by Gasteiger charge is 2.33. The van der Waals surface area contributed by atoms with Gasteiger partial charge >= 0.3 is 0 Å². The first kappa shape index (κ1) is 29.8. The predicted octanol–water partition coefficient (Wildman–Crippen LogP) is 4.57. The Labute approximate surface area is 268 Å². The van der Waals surface area contributed by atoms with Gasteiger partial charge < -0.3 is 24.0 Å². The lowest BCUT2D eigenvalue weighted by molar-refractivity contribution is 0.0627. The third kappa shape index (κ3) is 5.66. The fourth-order valence-corrected chi connectivity index (χ4v) is 6.55. The number of pyridine rings is 1. The van der Waals surface area contributed by atoms with Crippen LogP contribution >= 0.6 is 0 Å². The summed E-state index contributed by atoms with van der Waals surface area (Å²) < 4.78 is 19.0. The van der Waals surface area contributed by atoms with Crippen molar-refractivity contribution in [1.29, 1.82) is 0 Å². The van der Waals surface area contributed by atoms with Gasteiger partial charge in [-0.25, -0.2) is 4.98 Å². The summed E-state index contributed by atoms with van der Waals surface area (Å²) >= 11 is 0. The van der Waals surface area contributed by atoms with Crippen LogP contribution in [0.2, 0.25) is 0 Å². The van der Waals surface area contributed by atoms with Crippen molar-refractivity contribution in [2.75, 3.05) is 60.1 Å². The summed E-state index contributed by atoms with van der Waals surface area (Å²) in [7, 11) is 3.23. The highest BCUT2D eigenvalue weighted by molar-refractivity contribution is 6.03. The number of piperazine rings is 1. The van der Waals surface area contributed by atoms with E-state index in [0.717, 1.165) is 68.1 Å². The topological polar surface area (TPSA) is 101 Å². The number of amides is 2.